The number of carbonyl (C=O) groups is 1. The number of hydrogen-bond acceptors (Lipinski definition) is 3. The van der Waals surface area contributed by atoms with E-state index in [0.717, 1.165) is 11.4 Å². The van der Waals surface area contributed by atoms with Gasteiger partial charge in [-0.2, -0.15) is 13.2 Å². The summed E-state index contributed by atoms with van der Waals surface area (Å²) in [6, 6.07) is 8.13. The van der Waals surface area contributed by atoms with Crippen LogP contribution in [0, 0.1) is 5.41 Å². The molecule has 1 saturated heterocycles. The van der Waals surface area contributed by atoms with E-state index in [-0.39, 0.29) is 12.1 Å². The van der Waals surface area contributed by atoms with Crippen LogP contribution in [0.25, 0.3) is 10.8 Å². The van der Waals surface area contributed by atoms with Crippen LogP contribution in [0.3, 0.4) is 0 Å². The van der Waals surface area contributed by atoms with Crippen LogP contribution in [0.15, 0.2) is 36.4 Å². The zero-order valence-electron chi connectivity index (χ0n) is 15.6. The SMILES string of the molecule is CCCOc1cc(C(N2CC(C)(C)C(=O)N2)C(F)(F)F)c2ccccc2c1. The molecule has 146 valence electrons. The molecule has 1 fully saturated rings. The molecule has 0 radical (unpaired) electrons. The Balaban J connectivity index is 2.14. The molecule has 2 aromatic carbocycles. The zero-order chi connectivity index (χ0) is 19.8. The van der Waals surface area contributed by atoms with Gasteiger partial charge in [-0.1, -0.05) is 31.2 Å². The van der Waals surface area contributed by atoms with Crippen molar-refractivity contribution in [2.45, 2.75) is 39.4 Å². The zero-order valence-corrected chi connectivity index (χ0v) is 15.6. The van der Waals surface area contributed by atoms with E-state index in [4.69, 9.17) is 4.74 Å². The first kappa shape index (κ1) is 19.5. The van der Waals surface area contributed by atoms with Gasteiger partial charge in [0.25, 0.3) is 0 Å². The van der Waals surface area contributed by atoms with Gasteiger partial charge >= 0.3 is 6.18 Å². The van der Waals surface area contributed by atoms with E-state index in [1.54, 1.807) is 44.2 Å². The lowest BCUT2D eigenvalue weighted by atomic mass is 9.93. The van der Waals surface area contributed by atoms with E-state index in [9.17, 15) is 18.0 Å². The topological polar surface area (TPSA) is 41.6 Å². The average Bonchev–Trinajstić information content (AvgIpc) is 2.84. The summed E-state index contributed by atoms with van der Waals surface area (Å²) in [5.41, 5.74) is 1.59. The molecular weight excluding hydrogens is 357 g/mol. The van der Waals surface area contributed by atoms with Gasteiger partial charge in [0.1, 0.15) is 5.75 Å². The molecule has 1 amide bonds. The van der Waals surface area contributed by atoms with E-state index in [1.807, 2.05) is 6.92 Å². The summed E-state index contributed by atoms with van der Waals surface area (Å²) in [5.74, 6) is -0.0240. The normalized spacial score (nSPS) is 18.5. The van der Waals surface area contributed by atoms with Crippen LogP contribution in [-0.4, -0.2) is 30.2 Å². The molecule has 1 aliphatic rings. The minimum Gasteiger partial charge on any atom is -0.494 e. The van der Waals surface area contributed by atoms with Gasteiger partial charge in [-0.3, -0.25) is 10.2 Å². The third-order valence-corrected chi connectivity index (χ3v) is 4.68. The molecule has 2 aromatic rings. The first-order chi connectivity index (χ1) is 12.6. The molecule has 0 spiro atoms. The fourth-order valence-electron chi connectivity index (χ4n) is 3.34. The summed E-state index contributed by atoms with van der Waals surface area (Å²) < 4.78 is 48.0. The largest absolute Gasteiger partial charge is 0.494 e. The number of halogens is 3. The molecule has 1 N–H and O–H groups in total. The van der Waals surface area contributed by atoms with Crippen molar-refractivity contribution in [1.82, 2.24) is 10.4 Å². The standard InChI is InChI=1S/C20H23F3N2O2/c1-4-9-27-14-10-13-7-5-6-8-15(13)16(11-14)17(20(21,22)23)25-12-19(2,3)18(26)24-25/h5-8,10-11,17H,4,9,12H2,1-3H3,(H,24,26). The van der Waals surface area contributed by atoms with E-state index >= 15 is 0 Å². The van der Waals surface area contributed by atoms with Gasteiger partial charge in [-0.15, -0.1) is 0 Å². The predicted molar refractivity (Wildman–Crippen MR) is 97.2 cm³/mol. The molecule has 1 unspecified atom stereocenters. The summed E-state index contributed by atoms with van der Waals surface area (Å²) >= 11 is 0. The van der Waals surface area contributed by atoms with Crippen LogP contribution in [0.1, 0.15) is 38.8 Å². The maximum atomic E-state index is 14.1. The molecule has 0 bridgehead atoms. The summed E-state index contributed by atoms with van der Waals surface area (Å²) in [4.78, 5) is 12.1. The Labute approximate surface area is 156 Å². The molecule has 1 atom stereocenters. The first-order valence-electron chi connectivity index (χ1n) is 8.93. The summed E-state index contributed by atoms with van der Waals surface area (Å²) in [5, 5.41) is 2.15. The number of amides is 1. The van der Waals surface area contributed by atoms with Crippen molar-refractivity contribution >= 4 is 16.7 Å². The number of rotatable bonds is 5. The average molecular weight is 380 g/mol. The lowest BCUT2D eigenvalue weighted by molar-refractivity contribution is -0.191. The van der Waals surface area contributed by atoms with Crippen molar-refractivity contribution in [1.29, 1.82) is 0 Å². The molecule has 0 aromatic heterocycles. The van der Waals surface area contributed by atoms with Gasteiger partial charge < -0.3 is 4.74 Å². The van der Waals surface area contributed by atoms with Crippen LogP contribution < -0.4 is 10.2 Å². The van der Waals surface area contributed by atoms with Crippen LogP contribution in [0.5, 0.6) is 5.75 Å². The van der Waals surface area contributed by atoms with Gasteiger partial charge in [0, 0.05) is 6.54 Å². The maximum absolute atomic E-state index is 14.1. The Hall–Kier alpha value is -2.28. The smallest absolute Gasteiger partial charge is 0.409 e. The third-order valence-electron chi connectivity index (χ3n) is 4.68. The van der Waals surface area contributed by atoms with Gasteiger partial charge in [-0.05, 0) is 48.7 Å². The lowest BCUT2D eigenvalue weighted by Crippen LogP contribution is -2.43. The highest BCUT2D eigenvalue weighted by Crippen LogP contribution is 2.44. The van der Waals surface area contributed by atoms with E-state index in [0.29, 0.717) is 23.1 Å². The number of benzene rings is 2. The molecule has 27 heavy (non-hydrogen) atoms. The van der Waals surface area contributed by atoms with Crippen LogP contribution >= 0.6 is 0 Å². The Bertz CT molecular complexity index is 849. The minimum absolute atomic E-state index is 0.0373. The Morgan fingerprint density at radius 2 is 1.96 bits per heavy atom. The molecule has 4 nitrogen and oxygen atoms in total. The monoisotopic (exact) mass is 380 g/mol. The lowest BCUT2D eigenvalue weighted by Gasteiger charge is -2.31. The number of ether oxygens (including phenoxy) is 1. The number of fused-ring (bicyclic) bond motifs is 1. The van der Waals surface area contributed by atoms with Gasteiger partial charge in [0.15, 0.2) is 6.04 Å². The first-order valence-corrected chi connectivity index (χ1v) is 8.93. The summed E-state index contributed by atoms with van der Waals surface area (Å²) in [6.07, 6.45) is -3.82. The molecule has 1 heterocycles. The van der Waals surface area contributed by atoms with Crippen LogP contribution in [0.2, 0.25) is 0 Å². The number of nitrogens with one attached hydrogen (secondary N) is 1. The van der Waals surface area contributed by atoms with E-state index in [2.05, 4.69) is 5.43 Å². The number of nitrogens with zero attached hydrogens (tertiary/aromatic N) is 1. The summed E-state index contributed by atoms with van der Waals surface area (Å²) in [7, 11) is 0. The molecule has 3 rings (SSSR count). The fraction of sp³-hybridized carbons (Fsp3) is 0.450. The third kappa shape index (κ3) is 3.88. The van der Waals surface area contributed by atoms with Crippen LogP contribution in [-0.2, 0) is 4.79 Å². The number of hydrogen-bond donors (Lipinski definition) is 1. The number of hydrazine groups is 1. The highest BCUT2D eigenvalue weighted by atomic mass is 19.4. The quantitative estimate of drug-likeness (QED) is 0.824. The van der Waals surface area contributed by atoms with Gasteiger partial charge in [0.2, 0.25) is 5.91 Å². The second kappa shape index (κ2) is 7.03. The summed E-state index contributed by atoms with van der Waals surface area (Å²) in [6.45, 7) is 5.58. The van der Waals surface area contributed by atoms with Crippen molar-refractivity contribution < 1.29 is 22.7 Å². The Morgan fingerprint density at radius 3 is 2.56 bits per heavy atom. The molecule has 0 saturated carbocycles. The number of alkyl halides is 3. The highest BCUT2D eigenvalue weighted by molar-refractivity contribution is 5.88. The Morgan fingerprint density at radius 1 is 1.26 bits per heavy atom. The van der Waals surface area contributed by atoms with Crippen LogP contribution in [0.4, 0.5) is 13.2 Å². The molecular formula is C20H23F3N2O2. The highest BCUT2D eigenvalue weighted by Gasteiger charge is 2.51. The molecule has 1 aliphatic heterocycles. The minimum atomic E-state index is -4.57. The fourth-order valence-corrected chi connectivity index (χ4v) is 3.34. The van der Waals surface area contributed by atoms with E-state index < -0.39 is 23.5 Å². The van der Waals surface area contributed by atoms with Crippen molar-refractivity contribution in [3.05, 3.63) is 42.0 Å². The molecule has 7 heteroatoms. The van der Waals surface area contributed by atoms with Gasteiger partial charge in [0.05, 0.1) is 12.0 Å². The van der Waals surface area contributed by atoms with E-state index in [1.165, 1.54) is 6.07 Å². The Kier molecular flexibility index (Phi) is 5.08. The second-order valence-electron chi connectivity index (χ2n) is 7.48. The van der Waals surface area contributed by atoms with Crippen molar-refractivity contribution in [3.8, 4) is 5.75 Å². The predicted octanol–water partition coefficient (Wildman–Crippen LogP) is 4.61. The maximum Gasteiger partial charge on any atom is 0.409 e. The number of carbonyl (C=O) groups excluding carboxylic acids is 1. The van der Waals surface area contributed by atoms with Crippen molar-refractivity contribution in [2.24, 2.45) is 5.41 Å². The second-order valence-corrected chi connectivity index (χ2v) is 7.48. The van der Waals surface area contributed by atoms with Crippen molar-refractivity contribution in [2.75, 3.05) is 13.2 Å². The molecule has 0 aliphatic carbocycles. The van der Waals surface area contributed by atoms with Gasteiger partial charge in [-0.25, -0.2) is 5.01 Å². The van der Waals surface area contributed by atoms with Crippen molar-refractivity contribution in [3.63, 3.8) is 0 Å².